The monoisotopic (exact) mass is 383 g/mol. The van der Waals surface area contributed by atoms with Crippen molar-refractivity contribution in [2.75, 3.05) is 17.4 Å². The van der Waals surface area contributed by atoms with Gasteiger partial charge in [0.25, 0.3) is 5.91 Å². The van der Waals surface area contributed by atoms with E-state index >= 15 is 4.39 Å². The summed E-state index contributed by atoms with van der Waals surface area (Å²) in [5.74, 6) is -1.60. The molecule has 1 aromatic rings. The molecule has 1 unspecified atom stereocenters. The van der Waals surface area contributed by atoms with Gasteiger partial charge in [-0.3, -0.25) is 4.79 Å². The average molecular weight is 383 g/mol. The summed E-state index contributed by atoms with van der Waals surface area (Å²) in [4.78, 5) is 11.4. The zero-order valence-corrected chi connectivity index (χ0v) is 15.4. The number of nitrogens with one attached hydrogen (secondary N) is 2. The Morgan fingerprint density at radius 2 is 2.12 bits per heavy atom. The highest BCUT2D eigenvalue weighted by atomic mass is 32.2. The van der Waals surface area contributed by atoms with Crippen molar-refractivity contribution in [3.05, 3.63) is 29.6 Å². The van der Waals surface area contributed by atoms with Crippen molar-refractivity contribution in [3.8, 4) is 5.75 Å². The number of benzene rings is 1. The second kappa shape index (κ2) is 6.88. The topological polar surface area (TPSA) is 98.7 Å². The highest BCUT2D eigenvalue weighted by Crippen LogP contribution is 2.38. The molecule has 2 aliphatic heterocycles. The first-order chi connectivity index (χ1) is 12.2. The molecule has 142 valence electrons. The van der Waals surface area contributed by atoms with E-state index in [0.29, 0.717) is 22.3 Å². The molecule has 0 saturated carbocycles. The lowest BCUT2D eigenvalue weighted by Crippen LogP contribution is -2.30. The molecule has 0 aliphatic carbocycles. The normalized spacial score (nSPS) is 22.0. The zero-order chi connectivity index (χ0) is 19.1. The van der Waals surface area contributed by atoms with E-state index in [1.54, 1.807) is 4.72 Å². The molecule has 1 fully saturated rings. The molecule has 0 radical (unpaired) electrons. The lowest BCUT2D eigenvalue weighted by atomic mass is 10.0. The Morgan fingerprint density at radius 1 is 1.38 bits per heavy atom. The smallest absolute Gasteiger partial charge is 0.326 e. The van der Waals surface area contributed by atoms with E-state index in [4.69, 9.17) is 0 Å². The molecular formula is C17H22FN3O4S. The van der Waals surface area contributed by atoms with Gasteiger partial charge in [0.15, 0.2) is 5.82 Å². The summed E-state index contributed by atoms with van der Waals surface area (Å²) >= 11 is 0. The maximum Gasteiger partial charge on any atom is 0.326 e. The van der Waals surface area contributed by atoms with Crippen LogP contribution in [0.1, 0.15) is 32.3 Å². The third-order valence-corrected chi connectivity index (χ3v) is 5.90. The number of halogens is 1. The molecule has 0 spiro atoms. The van der Waals surface area contributed by atoms with Gasteiger partial charge in [0, 0.05) is 18.2 Å². The quantitative estimate of drug-likeness (QED) is 0.716. The minimum Gasteiger partial charge on any atom is -0.506 e. The Morgan fingerprint density at radius 3 is 2.73 bits per heavy atom. The summed E-state index contributed by atoms with van der Waals surface area (Å²) in [6, 6.07) is 2.79. The first-order valence-electron chi connectivity index (χ1n) is 8.48. The Balaban J connectivity index is 1.94. The van der Waals surface area contributed by atoms with Crippen LogP contribution in [-0.4, -0.2) is 38.6 Å². The Bertz CT molecular complexity index is 867. The lowest BCUT2D eigenvalue weighted by molar-refractivity contribution is -0.117. The third-order valence-electron chi connectivity index (χ3n) is 4.52. The van der Waals surface area contributed by atoms with Gasteiger partial charge in [-0.1, -0.05) is 19.9 Å². The van der Waals surface area contributed by atoms with Crippen molar-refractivity contribution in [2.24, 2.45) is 5.92 Å². The maximum atomic E-state index is 15.1. The molecule has 3 N–H and O–H groups in total. The fourth-order valence-electron chi connectivity index (χ4n) is 3.17. The van der Waals surface area contributed by atoms with Gasteiger partial charge in [-0.15, -0.1) is 0 Å². The second-order valence-electron chi connectivity index (χ2n) is 6.98. The van der Waals surface area contributed by atoms with Crippen LogP contribution < -0.4 is 14.3 Å². The van der Waals surface area contributed by atoms with Gasteiger partial charge in [0.2, 0.25) is 0 Å². The number of anilines is 1. The van der Waals surface area contributed by atoms with Crippen molar-refractivity contribution >= 4 is 27.4 Å². The minimum atomic E-state index is -4.20. The molecule has 26 heavy (non-hydrogen) atoms. The molecule has 7 nitrogen and oxygen atoms in total. The molecule has 1 atom stereocenters. The van der Waals surface area contributed by atoms with E-state index < -0.39 is 39.9 Å². The van der Waals surface area contributed by atoms with Crippen LogP contribution in [-0.2, 0) is 15.0 Å². The molecule has 1 saturated heterocycles. The number of aromatic hydroxyl groups is 1. The number of phenols is 1. The van der Waals surface area contributed by atoms with Gasteiger partial charge >= 0.3 is 10.2 Å². The van der Waals surface area contributed by atoms with E-state index in [1.165, 1.54) is 12.1 Å². The molecule has 1 amide bonds. The summed E-state index contributed by atoms with van der Waals surface area (Å²) in [6.45, 7) is 4.16. The molecular weight excluding hydrogens is 361 g/mol. The van der Waals surface area contributed by atoms with Gasteiger partial charge in [-0.05, 0) is 36.5 Å². The molecule has 1 aromatic carbocycles. The van der Waals surface area contributed by atoms with Crippen LogP contribution in [0.5, 0.6) is 5.75 Å². The molecule has 9 heteroatoms. The number of hydrogen-bond acceptors (Lipinski definition) is 5. The molecule has 0 aromatic heterocycles. The summed E-state index contributed by atoms with van der Waals surface area (Å²) in [6.07, 6.45) is 3.89. The van der Waals surface area contributed by atoms with Gasteiger partial charge in [0.1, 0.15) is 18.0 Å². The van der Waals surface area contributed by atoms with Crippen LogP contribution >= 0.6 is 0 Å². The van der Waals surface area contributed by atoms with Crippen LogP contribution in [0.3, 0.4) is 0 Å². The van der Waals surface area contributed by atoms with Gasteiger partial charge in [0.05, 0.1) is 0 Å². The fourth-order valence-corrected chi connectivity index (χ4v) is 4.33. The molecule has 2 heterocycles. The van der Waals surface area contributed by atoms with Crippen LogP contribution in [0.2, 0.25) is 0 Å². The standard InChI is InChI=1S/C17H22FN3O4S/c1-10(2)3-4-12-7-11(8-19-12)13-5-6-14(22)17(16(13)18)21-9-15(23)20-26(21,24)25/h5-7,10,12,19,22H,3-4,8-9H2,1-2H3,(H,20,23). The predicted octanol–water partition coefficient (Wildman–Crippen LogP) is 1.50. The van der Waals surface area contributed by atoms with Crippen LogP contribution in [0.15, 0.2) is 18.2 Å². The summed E-state index contributed by atoms with van der Waals surface area (Å²) < 4.78 is 41.4. The number of phenolic OH excluding ortho intramolecular Hbond substituents is 1. The van der Waals surface area contributed by atoms with E-state index in [1.807, 2.05) is 6.08 Å². The van der Waals surface area contributed by atoms with E-state index in [9.17, 15) is 18.3 Å². The highest BCUT2D eigenvalue weighted by Gasteiger charge is 2.38. The number of nitrogens with zero attached hydrogens (tertiary/aromatic N) is 1. The lowest BCUT2D eigenvalue weighted by Gasteiger charge is -2.18. The highest BCUT2D eigenvalue weighted by molar-refractivity contribution is 7.92. The first-order valence-corrected chi connectivity index (χ1v) is 9.92. The van der Waals surface area contributed by atoms with E-state index in [2.05, 4.69) is 19.2 Å². The largest absolute Gasteiger partial charge is 0.506 e. The van der Waals surface area contributed by atoms with Gasteiger partial charge < -0.3 is 10.4 Å². The Hall–Kier alpha value is -2.13. The van der Waals surface area contributed by atoms with Crippen LogP contribution in [0, 0.1) is 11.7 Å². The number of carbonyl (C=O) groups is 1. The minimum absolute atomic E-state index is 0.128. The maximum absolute atomic E-state index is 15.1. The number of amides is 1. The van der Waals surface area contributed by atoms with Crippen molar-refractivity contribution in [1.82, 2.24) is 10.0 Å². The predicted molar refractivity (Wildman–Crippen MR) is 96.3 cm³/mol. The van der Waals surface area contributed by atoms with Crippen LogP contribution in [0.4, 0.5) is 10.1 Å². The summed E-state index contributed by atoms with van der Waals surface area (Å²) in [7, 11) is -4.20. The molecule has 2 aliphatic rings. The number of carbonyl (C=O) groups excluding carboxylic acids is 1. The number of rotatable bonds is 5. The summed E-state index contributed by atoms with van der Waals surface area (Å²) in [5.41, 5.74) is 0.410. The van der Waals surface area contributed by atoms with Crippen molar-refractivity contribution in [1.29, 1.82) is 0 Å². The van der Waals surface area contributed by atoms with Crippen LogP contribution in [0.25, 0.3) is 5.57 Å². The van der Waals surface area contributed by atoms with Gasteiger partial charge in [-0.25, -0.2) is 13.4 Å². The number of hydrogen-bond donors (Lipinski definition) is 3. The first kappa shape index (κ1) is 18.7. The van der Waals surface area contributed by atoms with Gasteiger partial charge in [-0.2, -0.15) is 8.42 Å². The average Bonchev–Trinajstić information content (AvgIpc) is 3.09. The third kappa shape index (κ3) is 3.54. The van der Waals surface area contributed by atoms with Crippen molar-refractivity contribution < 1.29 is 22.7 Å². The second-order valence-corrected chi connectivity index (χ2v) is 8.58. The van der Waals surface area contributed by atoms with Crippen molar-refractivity contribution in [2.45, 2.75) is 32.7 Å². The van der Waals surface area contributed by atoms with Crippen molar-refractivity contribution in [3.63, 3.8) is 0 Å². The van der Waals surface area contributed by atoms with E-state index in [0.717, 1.165) is 12.8 Å². The Kier molecular flexibility index (Phi) is 4.94. The molecule has 0 bridgehead atoms. The summed E-state index contributed by atoms with van der Waals surface area (Å²) in [5, 5.41) is 13.3. The SMILES string of the molecule is CC(C)CCC1C=C(c2ccc(O)c(N3CC(=O)NS3(=O)=O)c2F)CN1. The molecule has 3 rings (SSSR count). The Labute approximate surface area is 152 Å². The fraction of sp³-hybridized carbons (Fsp3) is 0.471. The zero-order valence-electron chi connectivity index (χ0n) is 14.6. The van der Waals surface area contributed by atoms with E-state index in [-0.39, 0.29) is 11.6 Å².